The lowest BCUT2D eigenvalue weighted by Crippen LogP contribution is -2.35. The zero-order chi connectivity index (χ0) is 22.1. The van der Waals surface area contributed by atoms with Crippen molar-refractivity contribution < 1.29 is 9.59 Å². The highest BCUT2D eigenvalue weighted by molar-refractivity contribution is 7.17. The molecule has 1 fully saturated rings. The molecular weight excluding hydrogens is 412 g/mol. The molecule has 7 nitrogen and oxygen atoms in total. The molecule has 2 atom stereocenters. The van der Waals surface area contributed by atoms with Crippen LogP contribution in [0.2, 0.25) is 0 Å². The number of nitrogens with one attached hydrogen (secondary N) is 1. The van der Waals surface area contributed by atoms with Gasteiger partial charge in [-0.1, -0.05) is 32.0 Å². The Morgan fingerprint density at radius 2 is 2.10 bits per heavy atom. The number of aromatic nitrogens is 2. The number of fused-ring (bicyclic) bond motifs is 1. The lowest BCUT2D eigenvalue weighted by Gasteiger charge is -2.24. The Bertz CT molecular complexity index is 1180. The molecule has 0 radical (unpaired) electrons. The minimum Gasteiger partial charge on any atom is -0.338 e. The number of H-pyrrole nitrogens is 1. The number of hydrogen-bond acceptors (Lipinski definition) is 5. The monoisotopic (exact) mass is 438 g/mol. The molecular formula is C23H26N4O3S. The summed E-state index contributed by atoms with van der Waals surface area (Å²) in [7, 11) is 1.68. The number of anilines is 1. The highest BCUT2D eigenvalue weighted by Crippen LogP contribution is 2.33. The Labute approximate surface area is 184 Å². The maximum Gasteiger partial charge on any atom is 0.268 e. The number of thiophene rings is 1. The second-order valence-corrected chi connectivity index (χ2v) is 9.03. The van der Waals surface area contributed by atoms with Crippen molar-refractivity contribution in [2.75, 3.05) is 18.5 Å². The third-order valence-corrected chi connectivity index (χ3v) is 6.87. The van der Waals surface area contributed by atoms with Crippen molar-refractivity contribution in [2.24, 2.45) is 5.92 Å². The van der Waals surface area contributed by atoms with Gasteiger partial charge in [-0.25, -0.2) is 4.98 Å². The normalized spacial score (nSPS) is 17.3. The van der Waals surface area contributed by atoms with Crippen LogP contribution in [0.4, 0.5) is 5.69 Å². The maximum absolute atomic E-state index is 13.1. The van der Waals surface area contributed by atoms with E-state index in [1.54, 1.807) is 22.9 Å². The molecule has 0 aliphatic carbocycles. The van der Waals surface area contributed by atoms with Gasteiger partial charge in [-0.3, -0.25) is 14.4 Å². The van der Waals surface area contributed by atoms with E-state index in [9.17, 15) is 14.4 Å². The third kappa shape index (κ3) is 4.12. The molecule has 2 amide bonds. The first-order valence-electron chi connectivity index (χ1n) is 10.5. The summed E-state index contributed by atoms with van der Waals surface area (Å²) in [5, 5.41) is 1.82. The number of hydrogen-bond donors (Lipinski definition) is 1. The van der Waals surface area contributed by atoms with Crippen molar-refractivity contribution in [3.05, 3.63) is 57.5 Å². The fraction of sp³-hybridized carbons (Fsp3) is 0.391. The summed E-state index contributed by atoms with van der Waals surface area (Å²) in [6.45, 7) is 4.82. The van der Waals surface area contributed by atoms with Gasteiger partial charge in [0, 0.05) is 25.7 Å². The van der Waals surface area contributed by atoms with E-state index in [0.29, 0.717) is 28.5 Å². The molecule has 162 valence electrons. The smallest absolute Gasteiger partial charge is 0.268 e. The van der Waals surface area contributed by atoms with Crippen LogP contribution in [0, 0.1) is 5.92 Å². The molecule has 0 bridgehead atoms. The molecule has 3 heterocycles. The number of aromatic amines is 1. The maximum atomic E-state index is 13.1. The lowest BCUT2D eigenvalue weighted by atomic mass is 9.96. The average Bonchev–Trinajstić information content (AvgIpc) is 3.39. The molecule has 3 aromatic rings. The highest BCUT2D eigenvalue weighted by atomic mass is 32.1. The van der Waals surface area contributed by atoms with E-state index in [2.05, 4.69) is 29.9 Å². The zero-order valence-electron chi connectivity index (χ0n) is 17.9. The first-order valence-corrected chi connectivity index (χ1v) is 11.4. The number of nitrogens with zero attached hydrogens (tertiary/aromatic N) is 3. The number of carbonyl (C=O) groups is 2. The molecule has 0 saturated carbocycles. The molecule has 0 spiro atoms. The molecule has 1 aromatic carbocycles. The third-order valence-electron chi connectivity index (χ3n) is 5.97. The van der Waals surface area contributed by atoms with E-state index in [-0.39, 0.29) is 30.3 Å². The van der Waals surface area contributed by atoms with Gasteiger partial charge in [-0.2, -0.15) is 0 Å². The Kier molecular flexibility index (Phi) is 5.91. The number of para-hydroxylation sites is 1. The topological polar surface area (TPSA) is 86.4 Å². The molecule has 8 heteroatoms. The van der Waals surface area contributed by atoms with E-state index in [0.717, 1.165) is 17.7 Å². The van der Waals surface area contributed by atoms with Crippen molar-refractivity contribution in [3.63, 3.8) is 0 Å². The molecule has 31 heavy (non-hydrogen) atoms. The van der Waals surface area contributed by atoms with Gasteiger partial charge in [0.05, 0.1) is 18.0 Å². The van der Waals surface area contributed by atoms with E-state index in [4.69, 9.17) is 0 Å². The van der Waals surface area contributed by atoms with E-state index in [1.807, 2.05) is 23.6 Å². The first-order chi connectivity index (χ1) is 14.9. The van der Waals surface area contributed by atoms with Gasteiger partial charge >= 0.3 is 0 Å². The SMILES string of the molecule is CCC(C)c1ccccc1N1CC(C(=O)N(C)Cc2nc3ccsc3c(=O)[nH]2)CC1=O. The molecule has 1 saturated heterocycles. The van der Waals surface area contributed by atoms with Gasteiger partial charge in [-0.05, 0) is 35.4 Å². The second kappa shape index (κ2) is 8.63. The van der Waals surface area contributed by atoms with Gasteiger partial charge in [0.25, 0.3) is 5.56 Å². The summed E-state index contributed by atoms with van der Waals surface area (Å²) in [6.07, 6.45) is 1.16. The fourth-order valence-corrected chi connectivity index (χ4v) is 4.81. The zero-order valence-corrected chi connectivity index (χ0v) is 18.7. The Morgan fingerprint density at radius 1 is 1.32 bits per heavy atom. The number of carbonyl (C=O) groups excluding carboxylic acids is 2. The quantitative estimate of drug-likeness (QED) is 0.638. The van der Waals surface area contributed by atoms with Crippen LogP contribution in [0.3, 0.4) is 0 Å². The van der Waals surface area contributed by atoms with Crippen LogP contribution in [0.5, 0.6) is 0 Å². The standard InChI is InChI=1S/C23H26N4O3S/c1-4-14(2)16-7-5-6-8-18(16)27-12-15(11-20(27)28)23(30)26(3)13-19-24-17-9-10-31-21(17)22(29)25-19/h5-10,14-15H,4,11-13H2,1-3H3,(H,24,25,29). The van der Waals surface area contributed by atoms with Crippen LogP contribution in [0.1, 0.15) is 44.0 Å². The second-order valence-electron chi connectivity index (χ2n) is 8.12. The summed E-state index contributed by atoms with van der Waals surface area (Å²) in [5.41, 5.74) is 2.47. The average molecular weight is 439 g/mol. The van der Waals surface area contributed by atoms with Gasteiger partial charge in [-0.15, -0.1) is 11.3 Å². The van der Waals surface area contributed by atoms with E-state index >= 15 is 0 Å². The molecule has 1 aliphatic rings. The van der Waals surface area contributed by atoms with Crippen LogP contribution in [0.25, 0.3) is 10.2 Å². The number of benzene rings is 1. The van der Waals surface area contributed by atoms with Crippen molar-refractivity contribution in [1.29, 1.82) is 0 Å². The van der Waals surface area contributed by atoms with Gasteiger partial charge in [0.15, 0.2) is 0 Å². The lowest BCUT2D eigenvalue weighted by molar-refractivity contribution is -0.135. The van der Waals surface area contributed by atoms with Crippen molar-refractivity contribution >= 4 is 39.1 Å². The van der Waals surface area contributed by atoms with Gasteiger partial charge < -0.3 is 14.8 Å². The van der Waals surface area contributed by atoms with E-state index in [1.165, 1.54) is 11.3 Å². The fourth-order valence-electron chi connectivity index (χ4n) is 4.09. The summed E-state index contributed by atoms with van der Waals surface area (Å²) >= 11 is 1.34. The highest BCUT2D eigenvalue weighted by Gasteiger charge is 2.37. The Balaban J connectivity index is 1.49. The summed E-state index contributed by atoms with van der Waals surface area (Å²) in [5.74, 6) is 0.198. The van der Waals surface area contributed by atoms with Crippen LogP contribution >= 0.6 is 11.3 Å². The molecule has 2 aromatic heterocycles. The van der Waals surface area contributed by atoms with E-state index < -0.39 is 5.92 Å². The number of rotatable bonds is 6. The summed E-state index contributed by atoms with van der Waals surface area (Å²) in [4.78, 5) is 48.5. The van der Waals surface area contributed by atoms with Gasteiger partial charge in [0.2, 0.25) is 11.8 Å². The molecule has 4 rings (SSSR count). The molecule has 1 aliphatic heterocycles. The van der Waals surface area contributed by atoms with Crippen LogP contribution in [0.15, 0.2) is 40.5 Å². The minimum absolute atomic E-state index is 0.0336. The van der Waals surface area contributed by atoms with Gasteiger partial charge in [0.1, 0.15) is 10.5 Å². The van der Waals surface area contributed by atoms with Crippen molar-refractivity contribution in [3.8, 4) is 0 Å². The van der Waals surface area contributed by atoms with Crippen LogP contribution < -0.4 is 10.5 Å². The summed E-state index contributed by atoms with van der Waals surface area (Å²) < 4.78 is 0.578. The molecule has 1 N–H and O–H groups in total. The predicted octanol–water partition coefficient (Wildman–Crippen LogP) is 3.51. The minimum atomic E-state index is -0.418. The number of amides is 2. The van der Waals surface area contributed by atoms with Crippen molar-refractivity contribution in [2.45, 2.75) is 39.2 Å². The van der Waals surface area contributed by atoms with Crippen LogP contribution in [-0.4, -0.2) is 40.3 Å². The van der Waals surface area contributed by atoms with Crippen molar-refractivity contribution in [1.82, 2.24) is 14.9 Å². The molecule has 2 unspecified atom stereocenters. The Hall–Kier alpha value is -3.00. The first kappa shape index (κ1) is 21.2. The Morgan fingerprint density at radius 3 is 2.87 bits per heavy atom. The van der Waals surface area contributed by atoms with Crippen LogP contribution in [-0.2, 0) is 16.1 Å². The predicted molar refractivity (Wildman–Crippen MR) is 122 cm³/mol. The summed E-state index contributed by atoms with van der Waals surface area (Å²) in [6, 6.07) is 9.72. The largest absolute Gasteiger partial charge is 0.338 e.